The molecule has 6 heteroatoms. The van der Waals surface area contributed by atoms with E-state index in [9.17, 15) is 4.79 Å². The summed E-state index contributed by atoms with van der Waals surface area (Å²) >= 11 is 0. The van der Waals surface area contributed by atoms with E-state index in [1.54, 1.807) is 12.1 Å². The first kappa shape index (κ1) is 15.1. The Kier molecular flexibility index (Phi) is 3.48. The van der Waals surface area contributed by atoms with Gasteiger partial charge < -0.3 is 25.1 Å². The van der Waals surface area contributed by atoms with Crippen LogP contribution in [0.4, 0.5) is 10.5 Å². The average molecular weight is 349 g/mol. The van der Waals surface area contributed by atoms with E-state index in [-0.39, 0.29) is 18.9 Å². The largest absolute Gasteiger partial charge is 0.454 e. The second-order valence-corrected chi connectivity index (χ2v) is 6.73. The predicted octanol–water partition coefficient (Wildman–Crippen LogP) is 3.58. The van der Waals surface area contributed by atoms with Crippen LogP contribution >= 0.6 is 0 Å². The summed E-state index contributed by atoms with van der Waals surface area (Å²) in [6.07, 6.45) is 2.72. The third kappa shape index (κ3) is 2.63. The summed E-state index contributed by atoms with van der Waals surface area (Å²) in [6, 6.07) is 13.7. The Bertz CT molecular complexity index is 995. The fourth-order valence-corrected chi connectivity index (χ4v) is 3.83. The maximum absolute atomic E-state index is 12.4. The van der Waals surface area contributed by atoms with Crippen molar-refractivity contribution in [2.45, 2.75) is 25.3 Å². The normalized spacial score (nSPS) is 17.8. The number of hydrogen-bond donors (Lipinski definition) is 3. The molecule has 1 unspecified atom stereocenters. The first-order valence-corrected chi connectivity index (χ1v) is 8.82. The smallest absolute Gasteiger partial charge is 0.319 e. The summed E-state index contributed by atoms with van der Waals surface area (Å²) in [5.41, 5.74) is 4.47. The molecule has 5 rings (SSSR count). The molecule has 0 saturated carbocycles. The number of urea groups is 1. The van der Waals surface area contributed by atoms with Gasteiger partial charge in [0.15, 0.2) is 11.5 Å². The molecule has 2 aromatic carbocycles. The van der Waals surface area contributed by atoms with Crippen LogP contribution in [-0.4, -0.2) is 23.8 Å². The lowest BCUT2D eigenvalue weighted by Crippen LogP contribution is -2.41. The first-order valence-electron chi connectivity index (χ1n) is 8.82. The molecule has 1 aliphatic carbocycles. The molecule has 3 N–H and O–H groups in total. The van der Waals surface area contributed by atoms with Crippen molar-refractivity contribution in [1.82, 2.24) is 10.3 Å². The fourth-order valence-electron chi connectivity index (χ4n) is 3.83. The summed E-state index contributed by atoms with van der Waals surface area (Å²) in [5.74, 6) is 1.36. The Morgan fingerprint density at radius 2 is 2.00 bits per heavy atom. The Hall–Kier alpha value is -3.15. The number of carbonyl (C=O) groups is 1. The maximum atomic E-state index is 12.4. The van der Waals surface area contributed by atoms with E-state index in [0.717, 1.165) is 19.3 Å². The van der Waals surface area contributed by atoms with E-state index in [2.05, 4.69) is 33.8 Å². The minimum Gasteiger partial charge on any atom is -0.454 e. The number of para-hydroxylation sites is 1. The van der Waals surface area contributed by atoms with Crippen molar-refractivity contribution in [3.8, 4) is 11.5 Å². The molecule has 0 bridgehead atoms. The summed E-state index contributed by atoms with van der Waals surface area (Å²) in [6.45, 7) is 0.222. The topological polar surface area (TPSA) is 75.4 Å². The third-order valence-corrected chi connectivity index (χ3v) is 5.06. The van der Waals surface area contributed by atoms with Gasteiger partial charge in [-0.3, -0.25) is 0 Å². The third-order valence-electron chi connectivity index (χ3n) is 5.06. The van der Waals surface area contributed by atoms with Crippen LogP contribution in [0.25, 0.3) is 10.9 Å². The summed E-state index contributed by atoms with van der Waals surface area (Å²) < 4.78 is 10.6. The van der Waals surface area contributed by atoms with Gasteiger partial charge in [-0.25, -0.2) is 4.79 Å². The predicted molar refractivity (Wildman–Crippen MR) is 98.8 cm³/mol. The quantitative estimate of drug-likeness (QED) is 0.662. The van der Waals surface area contributed by atoms with Crippen LogP contribution in [0.1, 0.15) is 17.7 Å². The number of rotatable bonds is 2. The SMILES string of the molecule is O=C(Nc1ccc2c(c1)OCO2)NC1CCc2c([nH]c3ccccc23)C1. The summed E-state index contributed by atoms with van der Waals surface area (Å²) in [4.78, 5) is 15.9. The minimum absolute atomic E-state index is 0.115. The van der Waals surface area contributed by atoms with Crippen LogP contribution in [-0.2, 0) is 12.8 Å². The highest BCUT2D eigenvalue weighted by Gasteiger charge is 2.23. The first-order chi connectivity index (χ1) is 12.8. The Labute approximate surface area is 150 Å². The number of carbonyl (C=O) groups excluding carboxylic acids is 1. The van der Waals surface area contributed by atoms with Crippen LogP contribution < -0.4 is 20.1 Å². The Morgan fingerprint density at radius 1 is 1.12 bits per heavy atom. The molecule has 1 atom stereocenters. The second kappa shape index (κ2) is 5.98. The van der Waals surface area contributed by atoms with Crippen molar-refractivity contribution >= 4 is 22.6 Å². The molecule has 0 saturated heterocycles. The highest BCUT2D eigenvalue weighted by molar-refractivity contribution is 5.90. The fraction of sp³-hybridized carbons (Fsp3) is 0.250. The second-order valence-electron chi connectivity index (χ2n) is 6.73. The molecule has 0 fully saturated rings. The Balaban J connectivity index is 1.26. The van der Waals surface area contributed by atoms with Crippen molar-refractivity contribution in [3.05, 3.63) is 53.7 Å². The van der Waals surface area contributed by atoms with Crippen molar-refractivity contribution in [1.29, 1.82) is 0 Å². The molecular weight excluding hydrogens is 330 g/mol. The lowest BCUT2D eigenvalue weighted by atomic mass is 9.92. The number of benzene rings is 2. The molecule has 0 spiro atoms. The summed E-state index contributed by atoms with van der Waals surface area (Å²) in [5, 5.41) is 7.25. The molecule has 6 nitrogen and oxygen atoms in total. The van der Waals surface area contributed by atoms with Gasteiger partial charge in [0.2, 0.25) is 6.79 Å². The standard InChI is InChI=1S/C20H19N3O3/c24-20(22-13-6-8-18-19(10-13)26-11-25-18)21-12-5-7-15-14-3-1-2-4-16(14)23-17(15)9-12/h1-4,6,8,10,12,23H,5,7,9,11H2,(H2,21,22,24). The van der Waals surface area contributed by atoms with Gasteiger partial charge in [0.05, 0.1) is 0 Å². The maximum Gasteiger partial charge on any atom is 0.319 e. The molecule has 0 radical (unpaired) electrons. The zero-order valence-electron chi connectivity index (χ0n) is 14.2. The zero-order chi connectivity index (χ0) is 17.5. The highest BCUT2D eigenvalue weighted by atomic mass is 16.7. The number of aromatic nitrogens is 1. The van der Waals surface area contributed by atoms with Crippen LogP contribution in [0.2, 0.25) is 0 Å². The van der Waals surface area contributed by atoms with Gasteiger partial charge in [0.1, 0.15) is 0 Å². The minimum atomic E-state index is -0.201. The number of hydrogen-bond acceptors (Lipinski definition) is 3. The monoisotopic (exact) mass is 349 g/mol. The van der Waals surface area contributed by atoms with Gasteiger partial charge in [0.25, 0.3) is 0 Å². The number of amides is 2. The number of ether oxygens (including phenoxy) is 2. The van der Waals surface area contributed by atoms with Crippen molar-refractivity contribution < 1.29 is 14.3 Å². The molecule has 2 heterocycles. The van der Waals surface area contributed by atoms with E-state index in [0.29, 0.717) is 17.2 Å². The Morgan fingerprint density at radius 3 is 2.96 bits per heavy atom. The van der Waals surface area contributed by atoms with E-state index >= 15 is 0 Å². The molecule has 132 valence electrons. The highest BCUT2D eigenvalue weighted by Crippen LogP contribution is 2.34. The van der Waals surface area contributed by atoms with Gasteiger partial charge in [-0.1, -0.05) is 18.2 Å². The van der Waals surface area contributed by atoms with Gasteiger partial charge in [-0.2, -0.15) is 0 Å². The van der Waals surface area contributed by atoms with Crippen LogP contribution in [0.3, 0.4) is 0 Å². The van der Waals surface area contributed by atoms with Crippen molar-refractivity contribution in [2.24, 2.45) is 0 Å². The number of H-pyrrole nitrogens is 1. The summed E-state index contributed by atoms with van der Waals surface area (Å²) in [7, 11) is 0. The molecule has 3 aromatic rings. The molecular formula is C20H19N3O3. The van der Waals surface area contributed by atoms with Gasteiger partial charge in [-0.05, 0) is 36.6 Å². The van der Waals surface area contributed by atoms with E-state index in [1.807, 2.05) is 12.1 Å². The van der Waals surface area contributed by atoms with Crippen LogP contribution in [0.15, 0.2) is 42.5 Å². The number of anilines is 1. The van der Waals surface area contributed by atoms with Crippen molar-refractivity contribution in [2.75, 3.05) is 12.1 Å². The molecule has 26 heavy (non-hydrogen) atoms. The zero-order valence-corrected chi connectivity index (χ0v) is 14.2. The van der Waals surface area contributed by atoms with E-state index < -0.39 is 0 Å². The lowest BCUT2D eigenvalue weighted by molar-refractivity contribution is 0.174. The van der Waals surface area contributed by atoms with Gasteiger partial charge in [-0.15, -0.1) is 0 Å². The number of nitrogens with one attached hydrogen (secondary N) is 3. The van der Waals surface area contributed by atoms with Gasteiger partial charge in [0, 0.05) is 40.8 Å². The number of fused-ring (bicyclic) bond motifs is 4. The van der Waals surface area contributed by atoms with E-state index in [1.165, 1.54) is 22.2 Å². The number of aromatic amines is 1. The molecule has 2 amide bonds. The number of aryl methyl sites for hydroxylation is 1. The lowest BCUT2D eigenvalue weighted by Gasteiger charge is -2.23. The van der Waals surface area contributed by atoms with Crippen molar-refractivity contribution in [3.63, 3.8) is 0 Å². The van der Waals surface area contributed by atoms with Crippen LogP contribution in [0.5, 0.6) is 11.5 Å². The van der Waals surface area contributed by atoms with Gasteiger partial charge >= 0.3 is 6.03 Å². The van der Waals surface area contributed by atoms with Crippen LogP contribution in [0, 0.1) is 0 Å². The molecule has 1 aromatic heterocycles. The average Bonchev–Trinajstić information content (AvgIpc) is 3.24. The molecule has 1 aliphatic heterocycles. The molecule has 2 aliphatic rings. The van der Waals surface area contributed by atoms with E-state index in [4.69, 9.17) is 9.47 Å².